The number of rotatable bonds is 3. The van der Waals surface area contributed by atoms with Gasteiger partial charge in [-0.2, -0.15) is 0 Å². The number of morpholine rings is 1. The minimum absolute atomic E-state index is 0.0692. The molecule has 0 unspecified atom stereocenters. The molecule has 2 aliphatic rings. The number of nitrogens with zero attached hydrogens (tertiary/aromatic N) is 4. The van der Waals surface area contributed by atoms with Crippen LogP contribution in [-0.4, -0.2) is 57.3 Å². The van der Waals surface area contributed by atoms with Gasteiger partial charge in [0.2, 0.25) is 5.91 Å². The quantitative estimate of drug-likeness (QED) is 0.864. The molecule has 8 heteroatoms. The van der Waals surface area contributed by atoms with E-state index in [2.05, 4.69) is 15.5 Å². The normalized spacial score (nSPS) is 23.9. The van der Waals surface area contributed by atoms with Gasteiger partial charge in [-0.15, -0.1) is 10.2 Å². The third-order valence-electron chi connectivity index (χ3n) is 5.33. The lowest BCUT2D eigenvalue weighted by Gasteiger charge is -2.38. The largest absolute Gasteiger partial charge is 0.356 e. The van der Waals surface area contributed by atoms with Gasteiger partial charge < -0.3 is 19.5 Å². The number of nitrogens with one attached hydrogen (secondary N) is 1. The number of hydrogen-bond acceptors (Lipinski definition) is 5. The summed E-state index contributed by atoms with van der Waals surface area (Å²) in [6, 6.07) is 9.04. The van der Waals surface area contributed by atoms with Crippen LogP contribution in [0.3, 0.4) is 0 Å². The van der Waals surface area contributed by atoms with Crippen molar-refractivity contribution in [3.05, 3.63) is 48.0 Å². The Morgan fingerprint density at radius 3 is 2.63 bits per heavy atom. The van der Waals surface area contributed by atoms with Crippen molar-refractivity contribution < 1.29 is 14.3 Å². The highest BCUT2D eigenvalue weighted by Crippen LogP contribution is 2.29. The maximum absolute atomic E-state index is 13.1. The molecule has 0 spiro atoms. The molecule has 0 bridgehead atoms. The van der Waals surface area contributed by atoms with E-state index >= 15 is 0 Å². The molecule has 2 aliphatic heterocycles. The summed E-state index contributed by atoms with van der Waals surface area (Å²) >= 11 is 0. The van der Waals surface area contributed by atoms with Gasteiger partial charge in [0.15, 0.2) is 6.10 Å². The van der Waals surface area contributed by atoms with Crippen LogP contribution in [-0.2, 0) is 21.4 Å². The monoisotopic (exact) mass is 369 g/mol. The Morgan fingerprint density at radius 2 is 1.96 bits per heavy atom. The van der Waals surface area contributed by atoms with Gasteiger partial charge in [0.05, 0.1) is 6.04 Å². The average Bonchev–Trinajstić information content (AvgIpc) is 3.14. The van der Waals surface area contributed by atoms with E-state index in [-0.39, 0.29) is 18.4 Å². The van der Waals surface area contributed by atoms with Gasteiger partial charge >= 0.3 is 0 Å². The first-order chi connectivity index (χ1) is 13.1. The van der Waals surface area contributed by atoms with E-state index in [9.17, 15) is 9.59 Å². The Hall–Kier alpha value is -2.74. The van der Waals surface area contributed by atoms with Crippen molar-refractivity contribution in [3.63, 3.8) is 0 Å². The van der Waals surface area contributed by atoms with Crippen LogP contribution in [0.2, 0.25) is 0 Å². The molecule has 0 radical (unpaired) electrons. The van der Waals surface area contributed by atoms with Gasteiger partial charge in [0.1, 0.15) is 18.8 Å². The van der Waals surface area contributed by atoms with E-state index in [1.54, 1.807) is 6.33 Å². The number of carbonyl (C=O) groups is 2. The number of amides is 2. The molecule has 0 saturated carbocycles. The summed E-state index contributed by atoms with van der Waals surface area (Å²) < 4.78 is 7.60. The van der Waals surface area contributed by atoms with Crippen LogP contribution in [0.1, 0.15) is 36.2 Å². The second-order valence-electron chi connectivity index (χ2n) is 7.09. The number of ether oxygens (including phenoxy) is 1. The molecule has 2 amide bonds. The van der Waals surface area contributed by atoms with Gasteiger partial charge in [0.25, 0.3) is 5.91 Å². The van der Waals surface area contributed by atoms with Gasteiger partial charge in [-0.25, -0.2) is 0 Å². The topological polar surface area (TPSA) is 89.3 Å². The van der Waals surface area contributed by atoms with Crippen molar-refractivity contribution in [3.8, 4) is 0 Å². The zero-order valence-electron chi connectivity index (χ0n) is 15.2. The fraction of sp³-hybridized carbons (Fsp3) is 0.474. The maximum Gasteiger partial charge on any atom is 0.254 e. The number of benzene rings is 1. The number of hydrogen-bond donors (Lipinski definition) is 1. The third kappa shape index (κ3) is 3.57. The highest BCUT2D eigenvalue weighted by atomic mass is 16.5. The van der Waals surface area contributed by atoms with Gasteiger partial charge in [0, 0.05) is 26.1 Å². The third-order valence-corrected chi connectivity index (χ3v) is 5.33. The predicted octanol–water partition coefficient (Wildman–Crippen LogP) is 0.777. The van der Waals surface area contributed by atoms with E-state index in [1.807, 2.05) is 46.8 Å². The van der Waals surface area contributed by atoms with E-state index in [4.69, 9.17) is 4.74 Å². The van der Waals surface area contributed by atoms with E-state index < -0.39 is 12.1 Å². The van der Waals surface area contributed by atoms with Crippen molar-refractivity contribution in [2.75, 3.05) is 19.7 Å². The van der Waals surface area contributed by atoms with E-state index in [0.29, 0.717) is 19.0 Å². The van der Waals surface area contributed by atoms with Crippen LogP contribution < -0.4 is 5.32 Å². The van der Waals surface area contributed by atoms with Crippen molar-refractivity contribution in [1.82, 2.24) is 25.0 Å². The molecule has 27 heavy (non-hydrogen) atoms. The number of aromatic nitrogens is 3. The lowest BCUT2D eigenvalue weighted by Crippen LogP contribution is -2.54. The number of piperidine rings is 1. The summed E-state index contributed by atoms with van der Waals surface area (Å²) in [4.78, 5) is 26.8. The average molecular weight is 369 g/mol. The predicted molar refractivity (Wildman–Crippen MR) is 96.6 cm³/mol. The summed E-state index contributed by atoms with van der Waals surface area (Å²) in [5, 5.41) is 11.1. The van der Waals surface area contributed by atoms with Crippen LogP contribution in [0.15, 0.2) is 36.7 Å². The molecule has 1 aromatic carbocycles. The first-order valence-electron chi connectivity index (χ1n) is 9.22. The first-order valence-corrected chi connectivity index (χ1v) is 9.22. The molecule has 3 heterocycles. The second kappa shape index (κ2) is 7.48. The Labute approximate surface area is 157 Å². The zero-order chi connectivity index (χ0) is 18.8. The van der Waals surface area contributed by atoms with Crippen molar-refractivity contribution in [2.45, 2.75) is 30.9 Å². The fourth-order valence-corrected chi connectivity index (χ4v) is 3.88. The molecular formula is C19H23N5O3. The standard InChI is InChI=1S/C19H23N5O3/c1-23-12-20-22-18(23)14-7-9-24(10-8-14)19(26)17-16(21-15(25)11-27-17)13-5-3-2-4-6-13/h2-6,12,14,16-17H,7-11H2,1H3,(H,21,25)/t16-,17+/m1/s1. The molecule has 2 aromatic rings. The molecule has 1 N–H and O–H groups in total. The van der Waals surface area contributed by atoms with Gasteiger partial charge in [-0.1, -0.05) is 30.3 Å². The minimum Gasteiger partial charge on any atom is -0.356 e. The van der Waals surface area contributed by atoms with Gasteiger partial charge in [-0.3, -0.25) is 9.59 Å². The molecule has 4 rings (SSSR count). The van der Waals surface area contributed by atoms with Crippen LogP contribution in [0.4, 0.5) is 0 Å². The first kappa shape index (κ1) is 17.7. The Morgan fingerprint density at radius 1 is 1.22 bits per heavy atom. The molecule has 1 aromatic heterocycles. The number of aryl methyl sites for hydroxylation is 1. The highest BCUT2D eigenvalue weighted by Gasteiger charge is 2.39. The Balaban J connectivity index is 1.45. The smallest absolute Gasteiger partial charge is 0.254 e. The fourth-order valence-electron chi connectivity index (χ4n) is 3.88. The number of carbonyl (C=O) groups excluding carboxylic acids is 2. The van der Waals surface area contributed by atoms with Crippen LogP contribution in [0.25, 0.3) is 0 Å². The van der Waals surface area contributed by atoms with Crippen LogP contribution >= 0.6 is 0 Å². The summed E-state index contributed by atoms with van der Waals surface area (Å²) in [5.41, 5.74) is 0.873. The van der Waals surface area contributed by atoms with Crippen molar-refractivity contribution in [1.29, 1.82) is 0 Å². The number of likely N-dealkylation sites (tertiary alicyclic amines) is 1. The second-order valence-corrected chi connectivity index (χ2v) is 7.09. The van der Waals surface area contributed by atoms with Crippen molar-refractivity contribution >= 4 is 11.8 Å². The van der Waals surface area contributed by atoms with Gasteiger partial charge in [-0.05, 0) is 18.4 Å². The summed E-state index contributed by atoms with van der Waals surface area (Å²) in [6.45, 7) is 1.20. The summed E-state index contributed by atoms with van der Waals surface area (Å²) in [5.74, 6) is 0.998. The maximum atomic E-state index is 13.1. The molecule has 0 aliphatic carbocycles. The van der Waals surface area contributed by atoms with E-state index in [1.165, 1.54) is 0 Å². The SMILES string of the molecule is Cn1cnnc1C1CCN(C(=O)[C@H]2OCC(=O)N[C@@H]2c2ccccc2)CC1. The zero-order valence-corrected chi connectivity index (χ0v) is 15.2. The molecule has 2 saturated heterocycles. The highest BCUT2D eigenvalue weighted by molar-refractivity contribution is 5.86. The van der Waals surface area contributed by atoms with Crippen LogP contribution in [0, 0.1) is 0 Å². The van der Waals surface area contributed by atoms with Crippen molar-refractivity contribution in [2.24, 2.45) is 7.05 Å². The molecule has 2 atom stereocenters. The Bertz CT molecular complexity index is 814. The molecule has 8 nitrogen and oxygen atoms in total. The molecular weight excluding hydrogens is 346 g/mol. The molecule has 142 valence electrons. The Kier molecular flexibility index (Phi) is 4.89. The lowest BCUT2D eigenvalue weighted by atomic mass is 9.94. The molecule has 2 fully saturated rings. The van der Waals surface area contributed by atoms with Crippen LogP contribution in [0.5, 0.6) is 0 Å². The minimum atomic E-state index is -0.698. The van der Waals surface area contributed by atoms with E-state index in [0.717, 1.165) is 24.2 Å². The lowest BCUT2D eigenvalue weighted by molar-refractivity contribution is -0.156. The summed E-state index contributed by atoms with van der Waals surface area (Å²) in [6.07, 6.45) is 2.69. The summed E-state index contributed by atoms with van der Waals surface area (Å²) in [7, 11) is 1.94.